The van der Waals surface area contributed by atoms with Crippen molar-refractivity contribution < 1.29 is 9.18 Å². The summed E-state index contributed by atoms with van der Waals surface area (Å²) in [6, 6.07) is 17.0. The van der Waals surface area contributed by atoms with Crippen LogP contribution in [0.15, 0.2) is 59.6 Å². The topological polar surface area (TPSA) is 56.7 Å². The van der Waals surface area contributed by atoms with Crippen molar-refractivity contribution in [1.82, 2.24) is 15.5 Å². The van der Waals surface area contributed by atoms with Crippen molar-refractivity contribution in [2.24, 2.45) is 10.9 Å². The fraction of sp³-hybridized carbons (Fsp3) is 0.462. The van der Waals surface area contributed by atoms with Gasteiger partial charge in [0.05, 0.1) is 6.54 Å². The first kappa shape index (κ1) is 23.8. The van der Waals surface area contributed by atoms with Gasteiger partial charge >= 0.3 is 0 Å². The number of carbonyl (C=O) groups excluding carboxylic acids is 1. The van der Waals surface area contributed by atoms with E-state index in [1.165, 1.54) is 11.6 Å². The maximum absolute atomic E-state index is 13.6. The predicted molar refractivity (Wildman–Crippen MR) is 128 cm³/mol. The zero-order valence-corrected chi connectivity index (χ0v) is 19.4. The van der Waals surface area contributed by atoms with Gasteiger partial charge in [-0.15, -0.1) is 0 Å². The molecule has 1 atom stereocenters. The number of likely N-dealkylation sites (tertiary alicyclic amines) is 1. The van der Waals surface area contributed by atoms with Gasteiger partial charge in [-0.2, -0.15) is 0 Å². The Bertz CT molecular complexity index is 913. The van der Waals surface area contributed by atoms with Crippen LogP contribution < -0.4 is 10.6 Å². The summed E-state index contributed by atoms with van der Waals surface area (Å²) >= 11 is 0. The van der Waals surface area contributed by atoms with Gasteiger partial charge in [0.1, 0.15) is 5.82 Å². The molecule has 2 aromatic carbocycles. The first-order valence-electron chi connectivity index (χ1n) is 11.5. The molecule has 0 saturated carbocycles. The van der Waals surface area contributed by atoms with Crippen molar-refractivity contribution in [2.75, 3.05) is 32.7 Å². The van der Waals surface area contributed by atoms with Crippen LogP contribution in [0.2, 0.25) is 0 Å². The largest absolute Gasteiger partial charge is 0.357 e. The average molecular weight is 439 g/mol. The summed E-state index contributed by atoms with van der Waals surface area (Å²) in [4.78, 5) is 19.1. The number of benzene rings is 2. The summed E-state index contributed by atoms with van der Waals surface area (Å²) in [5.74, 6) is 0.986. The first-order chi connectivity index (χ1) is 15.4. The number of nitrogens with one attached hydrogen (secondary N) is 2. The summed E-state index contributed by atoms with van der Waals surface area (Å²) in [5.41, 5.74) is 1.89. The maximum atomic E-state index is 13.6. The summed E-state index contributed by atoms with van der Waals surface area (Å²) in [7, 11) is 0. The van der Waals surface area contributed by atoms with Crippen molar-refractivity contribution in [3.8, 4) is 0 Å². The third kappa shape index (κ3) is 6.81. The molecule has 0 aromatic heterocycles. The van der Waals surface area contributed by atoms with Crippen molar-refractivity contribution in [2.45, 2.75) is 39.0 Å². The van der Waals surface area contributed by atoms with Crippen LogP contribution in [0.4, 0.5) is 4.39 Å². The van der Waals surface area contributed by atoms with Crippen molar-refractivity contribution in [1.29, 1.82) is 0 Å². The summed E-state index contributed by atoms with van der Waals surface area (Å²) in [5, 5.41) is 6.68. The molecule has 2 N–H and O–H groups in total. The van der Waals surface area contributed by atoms with Crippen LogP contribution in [-0.4, -0.2) is 49.5 Å². The van der Waals surface area contributed by atoms with E-state index in [0.29, 0.717) is 19.5 Å². The third-order valence-corrected chi connectivity index (χ3v) is 5.95. The lowest BCUT2D eigenvalue weighted by molar-refractivity contribution is -0.127. The zero-order chi connectivity index (χ0) is 23.0. The van der Waals surface area contributed by atoms with Crippen LogP contribution in [0.3, 0.4) is 0 Å². The Labute approximate surface area is 191 Å². The molecule has 172 valence electrons. The van der Waals surface area contributed by atoms with Crippen LogP contribution >= 0.6 is 0 Å². The van der Waals surface area contributed by atoms with Gasteiger partial charge in [0.2, 0.25) is 5.91 Å². The van der Waals surface area contributed by atoms with E-state index < -0.39 is 0 Å². The van der Waals surface area contributed by atoms with Gasteiger partial charge in [-0.25, -0.2) is 4.39 Å². The van der Waals surface area contributed by atoms with Gasteiger partial charge in [-0.05, 0) is 36.6 Å². The van der Waals surface area contributed by atoms with E-state index in [-0.39, 0.29) is 23.1 Å². The molecule has 0 spiro atoms. The molecule has 1 saturated heterocycles. The lowest BCUT2D eigenvalue weighted by atomic mass is 9.85. The van der Waals surface area contributed by atoms with E-state index in [0.717, 1.165) is 37.6 Å². The molecule has 0 aliphatic carbocycles. The van der Waals surface area contributed by atoms with Crippen molar-refractivity contribution in [3.05, 3.63) is 71.5 Å². The second-order valence-corrected chi connectivity index (χ2v) is 9.12. The fourth-order valence-electron chi connectivity index (χ4n) is 3.98. The molecule has 6 heteroatoms. The van der Waals surface area contributed by atoms with Crippen molar-refractivity contribution in [3.63, 3.8) is 0 Å². The number of aliphatic imine (C=N–C) groups is 1. The number of guanidine groups is 1. The van der Waals surface area contributed by atoms with E-state index >= 15 is 0 Å². The summed E-state index contributed by atoms with van der Waals surface area (Å²) in [6.07, 6.45) is 1.45. The molecule has 1 amide bonds. The van der Waals surface area contributed by atoms with Gasteiger partial charge in [-0.3, -0.25) is 9.79 Å². The highest BCUT2D eigenvalue weighted by molar-refractivity contribution is 5.81. The highest BCUT2D eigenvalue weighted by atomic mass is 19.1. The van der Waals surface area contributed by atoms with E-state index in [4.69, 9.17) is 4.99 Å². The Morgan fingerprint density at radius 3 is 2.66 bits per heavy atom. The quantitative estimate of drug-likeness (QED) is 0.463. The number of nitrogens with zero attached hydrogens (tertiary/aromatic N) is 2. The maximum Gasteiger partial charge on any atom is 0.223 e. The fourth-order valence-corrected chi connectivity index (χ4v) is 3.98. The minimum absolute atomic E-state index is 0.224. The van der Waals surface area contributed by atoms with Gasteiger partial charge in [0, 0.05) is 43.9 Å². The van der Waals surface area contributed by atoms with Crippen LogP contribution in [0.5, 0.6) is 0 Å². The highest BCUT2D eigenvalue weighted by Crippen LogP contribution is 2.24. The Morgan fingerprint density at radius 1 is 1.16 bits per heavy atom. The Hall–Kier alpha value is -2.89. The summed E-state index contributed by atoms with van der Waals surface area (Å²) < 4.78 is 13.6. The standard InChI is InChI=1S/C26H35FN4O/c1-4-28-25(30-19-26(2,3)22-11-8-12-23(27)16-22)29-17-21-15-24(32)31(18-21)14-13-20-9-6-5-7-10-20/h5-12,16,21H,4,13-15,17-19H2,1-3H3,(H2,28,29,30). The lowest BCUT2D eigenvalue weighted by Gasteiger charge is -2.24. The SMILES string of the molecule is CCNC(=NCC(C)(C)c1cccc(F)c1)NCC1CC(=O)N(CCc2ccccc2)C1. The molecule has 0 bridgehead atoms. The molecule has 2 aromatic rings. The molecule has 1 heterocycles. The second kappa shape index (κ2) is 11.1. The molecule has 32 heavy (non-hydrogen) atoms. The Morgan fingerprint density at radius 2 is 1.94 bits per heavy atom. The predicted octanol–water partition coefficient (Wildman–Crippen LogP) is 3.75. The smallest absolute Gasteiger partial charge is 0.223 e. The number of amides is 1. The molecule has 1 aliphatic heterocycles. The molecule has 5 nitrogen and oxygen atoms in total. The van der Waals surface area contributed by atoms with E-state index in [9.17, 15) is 9.18 Å². The van der Waals surface area contributed by atoms with Gasteiger partial charge < -0.3 is 15.5 Å². The molecule has 1 aliphatic rings. The van der Waals surface area contributed by atoms with E-state index in [1.54, 1.807) is 12.1 Å². The van der Waals surface area contributed by atoms with E-state index in [2.05, 4.69) is 36.6 Å². The number of rotatable bonds is 9. The highest BCUT2D eigenvalue weighted by Gasteiger charge is 2.29. The molecule has 3 rings (SSSR count). The van der Waals surface area contributed by atoms with Crippen LogP contribution in [-0.2, 0) is 16.6 Å². The average Bonchev–Trinajstić information content (AvgIpc) is 3.14. The van der Waals surface area contributed by atoms with Gasteiger partial charge in [-0.1, -0.05) is 56.3 Å². The van der Waals surface area contributed by atoms with Gasteiger partial charge in [0.15, 0.2) is 5.96 Å². The van der Waals surface area contributed by atoms with E-state index in [1.807, 2.05) is 36.1 Å². The zero-order valence-electron chi connectivity index (χ0n) is 19.4. The molecular weight excluding hydrogens is 403 g/mol. The monoisotopic (exact) mass is 438 g/mol. The van der Waals surface area contributed by atoms with Crippen LogP contribution in [0.1, 0.15) is 38.3 Å². The van der Waals surface area contributed by atoms with Crippen LogP contribution in [0, 0.1) is 11.7 Å². The normalized spacial score (nSPS) is 17.0. The van der Waals surface area contributed by atoms with Crippen LogP contribution in [0.25, 0.3) is 0 Å². The Kier molecular flexibility index (Phi) is 8.26. The molecule has 1 unspecified atom stereocenters. The number of hydrogen-bond acceptors (Lipinski definition) is 2. The number of carbonyl (C=O) groups is 1. The third-order valence-electron chi connectivity index (χ3n) is 5.95. The van der Waals surface area contributed by atoms with Crippen molar-refractivity contribution >= 4 is 11.9 Å². The molecular formula is C26H35FN4O. The second-order valence-electron chi connectivity index (χ2n) is 9.12. The lowest BCUT2D eigenvalue weighted by Crippen LogP contribution is -2.41. The molecule has 0 radical (unpaired) electrons. The first-order valence-corrected chi connectivity index (χ1v) is 11.5. The summed E-state index contributed by atoms with van der Waals surface area (Å²) in [6.45, 7) is 9.66. The number of halogens is 1. The van der Waals surface area contributed by atoms with Gasteiger partial charge in [0.25, 0.3) is 0 Å². The minimum atomic E-state index is -0.290. The minimum Gasteiger partial charge on any atom is -0.357 e. The molecule has 1 fully saturated rings. The number of hydrogen-bond donors (Lipinski definition) is 2. The Balaban J connectivity index is 1.52.